The molecular weight excluding hydrogens is 292 g/mol. The maximum absolute atomic E-state index is 12.4. The smallest absolute Gasteiger partial charge is 0.318 e. The zero-order valence-corrected chi connectivity index (χ0v) is 11.9. The summed E-state index contributed by atoms with van der Waals surface area (Å²) in [5.41, 5.74) is 0.251. The SMILES string of the molecule is Cc1[nH]c(=O)sc1S(=O)(=O)N(CC(=O)O)CC1CC1. The zero-order valence-electron chi connectivity index (χ0n) is 10.2. The molecule has 106 valence electrons. The van der Waals surface area contributed by atoms with Gasteiger partial charge in [-0.1, -0.05) is 11.3 Å². The monoisotopic (exact) mass is 306 g/mol. The first-order valence-corrected chi connectivity index (χ1v) is 7.98. The molecule has 0 atom stereocenters. The van der Waals surface area contributed by atoms with Gasteiger partial charge in [0.05, 0.1) is 0 Å². The fraction of sp³-hybridized carbons (Fsp3) is 0.600. The number of H-pyrrole nitrogens is 1. The number of aryl methyl sites for hydroxylation is 1. The Kier molecular flexibility index (Phi) is 3.79. The molecule has 7 nitrogen and oxygen atoms in total. The molecule has 0 spiro atoms. The molecule has 2 rings (SSSR count). The first kappa shape index (κ1) is 14.2. The molecule has 0 radical (unpaired) electrons. The molecule has 9 heteroatoms. The van der Waals surface area contributed by atoms with Gasteiger partial charge in [0.15, 0.2) is 4.21 Å². The van der Waals surface area contributed by atoms with Gasteiger partial charge in [0.2, 0.25) is 0 Å². The molecule has 19 heavy (non-hydrogen) atoms. The van der Waals surface area contributed by atoms with Gasteiger partial charge in [0.25, 0.3) is 10.0 Å². The van der Waals surface area contributed by atoms with Crippen molar-refractivity contribution in [3.63, 3.8) is 0 Å². The second kappa shape index (κ2) is 5.06. The Morgan fingerprint density at radius 2 is 2.16 bits per heavy atom. The van der Waals surface area contributed by atoms with Crippen LogP contribution in [0.15, 0.2) is 9.00 Å². The average Bonchev–Trinajstić information content (AvgIpc) is 3.01. The molecule has 1 fully saturated rings. The number of aliphatic carboxylic acids is 1. The van der Waals surface area contributed by atoms with Crippen LogP contribution in [0, 0.1) is 12.8 Å². The zero-order chi connectivity index (χ0) is 14.2. The molecule has 0 unspecified atom stereocenters. The molecule has 1 aromatic rings. The molecule has 1 saturated carbocycles. The summed E-state index contributed by atoms with van der Waals surface area (Å²) in [7, 11) is -3.92. The average molecular weight is 306 g/mol. The van der Waals surface area contributed by atoms with Gasteiger partial charge in [-0.15, -0.1) is 0 Å². The normalized spacial score (nSPS) is 15.9. The van der Waals surface area contributed by atoms with Crippen LogP contribution < -0.4 is 4.87 Å². The van der Waals surface area contributed by atoms with Crippen molar-refractivity contribution in [1.82, 2.24) is 9.29 Å². The molecule has 1 aliphatic rings. The first-order valence-electron chi connectivity index (χ1n) is 5.72. The second-order valence-corrected chi connectivity index (χ2v) is 7.68. The third-order valence-corrected chi connectivity index (χ3v) is 6.22. The van der Waals surface area contributed by atoms with E-state index in [-0.39, 0.29) is 22.4 Å². The number of carboxylic acids is 1. The Morgan fingerprint density at radius 1 is 1.53 bits per heavy atom. The Morgan fingerprint density at radius 3 is 2.58 bits per heavy atom. The maximum Gasteiger partial charge on any atom is 0.318 e. The number of nitrogens with zero attached hydrogens (tertiary/aromatic N) is 1. The van der Waals surface area contributed by atoms with Gasteiger partial charge in [-0.05, 0) is 25.7 Å². The number of carbonyl (C=O) groups is 1. The van der Waals surface area contributed by atoms with Crippen molar-refractivity contribution in [2.75, 3.05) is 13.1 Å². The van der Waals surface area contributed by atoms with Gasteiger partial charge < -0.3 is 10.1 Å². The maximum atomic E-state index is 12.4. The number of aromatic nitrogens is 1. The highest BCUT2D eigenvalue weighted by molar-refractivity contribution is 7.91. The topological polar surface area (TPSA) is 108 Å². The molecule has 0 bridgehead atoms. The number of nitrogens with one attached hydrogen (secondary N) is 1. The fourth-order valence-electron chi connectivity index (χ4n) is 1.74. The number of hydrogen-bond donors (Lipinski definition) is 2. The lowest BCUT2D eigenvalue weighted by atomic mass is 10.4. The van der Waals surface area contributed by atoms with Crippen molar-refractivity contribution in [2.24, 2.45) is 5.92 Å². The van der Waals surface area contributed by atoms with Crippen molar-refractivity contribution in [1.29, 1.82) is 0 Å². The van der Waals surface area contributed by atoms with E-state index in [0.717, 1.165) is 17.1 Å². The number of rotatable bonds is 6. The third kappa shape index (κ3) is 3.23. The van der Waals surface area contributed by atoms with Crippen molar-refractivity contribution in [2.45, 2.75) is 24.0 Å². The summed E-state index contributed by atoms with van der Waals surface area (Å²) in [6.07, 6.45) is 1.82. The van der Waals surface area contributed by atoms with E-state index in [1.165, 1.54) is 6.92 Å². The lowest BCUT2D eigenvalue weighted by Gasteiger charge is -2.19. The van der Waals surface area contributed by atoms with Gasteiger partial charge in [-0.25, -0.2) is 8.42 Å². The summed E-state index contributed by atoms with van der Waals surface area (Å²) in [6.45, 7) is 1.10. The van der Waals surface area contributed by atoms with E-state index in [1.807, 2.05) is 0 Å². The summed E-state index contributed by atoms with van der Waals surface area (Å²) in [4.78, 5) is 23.9. The largest absolute Gasteiger partial charge is 0.480 e. The molecule has 0 amide bonds. The number of aromatic amines is 1. The lowest BCUT2D eigenvalue weighted by Crippen LogP contribution is -2.37. The minimum absolute atomic E-state index is 0.0978. The molecule has 0 aromatic carbocycles. The van der Waals surface area contributed by atoms with Gasteiger partial charge in [-0.2, -0.15) is 4.31 Å². The van der Waals surface area contributed by atoms with E-state index in [0.29, 0.717) is 11.3 Å². The quantitative estimate of drug-likeness (QED) is 0.782. The van der Waals surface area contributed by atoms with E-state index >= 15 is 0 Å². The number of carboxylic acid groups (broad SMARTS) is 1. The number of sulfonamides is 1. The Labute approximate surface area is 113 Å². The highest BCUT2D eigenvalue weighted by atomic mass is 32.2. The van der Waals surface area contributed by atoms with E-state index in [2.05, 4.69) is 4.98 Å². The van der Waals surface area contributed by atoms with E-state index in [4.69, 9.17) is 5.11 Å². The molecule has 1 aromatic heterocycles. The van der Waals surface area contributed by atoms with E-state index in [9.17, 15) is 18.0 Å². The van der Waals surface area contributed by atoms with E-state index in [1.54, 1.807) is 0 Å². The van der Waals surface area contributed by atoms with Crippen LogP contribution in [-0.4, -0.2) is 41.9 Å². The minimum Gasteiger partial charge on any atom is -0.480 e. The summed E-state index contributed by atoms with van der Waals surface area (Å²) < 4.78 is 25.6. The van der Waals surface area contributed by atoms with Gasteiger partial charge in [0.1, 0.15) is 6.54 Å². The van der Waals surface area contributed by atoms with Crippen molar-refractivity contribution in [3.05, 3.63) is 15.4 Å². The molecular formula is C10H14N2O5S2. The van der Waals surface area contributed by atoms with Crippen LogP contribution in [0.1, 0.15) is 18.5 Å². The van der Waals surface area contributed by atoms with Crippen molar-refractivity contribution >= 4 is 27.3 Å². The second-order valence-electron chi connectivity index (χ2n) is 4.56. The molecule has 2 N–H and O–H groups in total. The summed E-state index contributed by atoms with van der Waals surface area (Å²) in [5.74, 6) is -0.977. The van der Waals surface area contributed by atoms with E-state index < -0.39 is 27.4 Å². The highest BCUT2D eigenvalue weighted by Crippen LogP contribution is 2.32. The highest BCUT2D eigenvalue weighted by Gasteiger charge is 2.34. The van der Waals surface area contributed by atoms with Gasteiger partial charge >= 0.3 is 10.8 Å². The van der Waals surface area contributed by atoms with Crippen LogP contribution in [0.2, 0.25) is 0 Å². The standard InChI is InChI=1S/C10H14N2O5S2/c1-6-9(18-10(15)11-6)19(16,17)12(5-8(13)14)4-7-2-3-7/h7H,2-5H2,1H3,(H,11,15)(H,13,14). The molecule has 1 aliphatic carbocycles. The third-order valence-electron chi connectivity index (χ3n) is 2.83. The van der Waals surface area contributed by atoms with Crippen molar-refractivity contribution in [3.8, 4) is 0 Å². The van der Waals surface area contributed by atoms with Crippen LogP contribution in [0.25, 0.3) is 0 Å². The fourth-order valence-corrected chi connectivity index (χ4v) is 4.64. The van der Waals surface area contributed by atoms with Gasteiger partial charge in [0, 0.05) is 12.2 Å². The predicted octanol–water partition coefficient (Wildman–Crippen LogP) is 0.230. The molecule has 0 saturated heterocycles. The predicted molar refractivity (Wildman–Crippen MR) is 68.8 cm³/mol. The number of thiazole rings is 1. The van der Waals surface area contributed by atoms with Crippen LogP contribution >= 0.6 is 11.3 Å². The van der Waals surface area contributed by atoms with Crippen LogP contribution in [0.5, 0.6) is 0 Å². The summed E-state index contributed by atoms with van der Waals surface area (Å²) >= 11 is 0.591. The Hall–Kier alpha value is -1.19. The van der Waals surface area contributed by atoms with Crippen LogP contribution in [0.3, 0.4) is 0 Å². The summed E-state index contributed by atoms with van der Waals surface area (Å²) in [6, 6.07) is 0. The first-order chi connectivity index (χ1) is 8.80. The van der Waals surface area contributed by atoms with Crippen molar-refractivity contribution < 1.29 is 18.3 Å². The van der Waals surface area contributed by atoms with Gasteiger partial charge in [-0.3, -0.25) is 9.59 Å². The molecule has 1 heterocycles. The summed E-state index contributed by atoms with van der Waals surface area (Å²) in [5, 5.41) is 8.83. The Bertz CT molecular complexity index is 641. The van der Waals surface area contributed by atoms with Crippen LogP contribution in [0.4, 0.5) is 0 Å². The number of hydrogen-bond acceptors (Lipinski definition) is 5. The molecule has 0 aliphatic heterocycles. The lowest BCUT2D eigenvalue weighted by molar-refractivity contribution is -0.137. The van der Waals surface area contributed by atoms with Crippen LogP contribution in [-0.2, 0) is 14.8 Å². The minimum atomic E-state index is -3.92. The Balaban J connectivity index is 2.34.